The van der Waals surface area contributed by atoms with Crippen LogP contribution >= 0.6 is 0 Å². The number of carbonyl (C=O) groups is 1. The minimum Gasteiger partial charge on any atom is -0.395 e. The lowest BCUT2D eigenvalue weighted by Gasteiger charge is -2.26. The Bertz CT molecular complexity index is 403. The molecular weight excluding hydrogens is 244 g/mol. The number of rotatable bonds is 7. The second-order valence-electron chi connectivity index (χ2n) is 4.46. The molecule has 1 aromatic rings. The van der Waals surface area contributed by atoms with Gasteiger partial charge in [0.15, 0.2) is 0 Å². The lowest BCUT2D eigenvalue weighted by molar-refractivity contribution is -0.121. The number of anilines is 1. The molecule has 5 nitrogen and oxygen atoms in total. The van der Waals surface area contributed by atoms with E-state index in [2.05, 4.69) is 5.32 Å². The van der Waals surface area contributed by atoms with E-state index in [0.717, 1.165) is 11.3 Å². The fourth-order valence-electron chi connectivity index (χ4n) is 1.87. The van der Waals surface area contributed by atoms with Crippen molar-refractivity contribution in [2.24, 2.45) is 0 Å². The summed E-state index contributed by atoms with van der Waals surface area (Å²) in [7, 11) is 0. The molecule has 0 saturated heterocycles. The van der Waals surface area contributed by atoms with Gasteiger partial charge in [-0.25, -0.2) is 0 Å². The highest BCUT2D eigenvalue weighted by Crippen LogP contribution is 2.14. The van der Waals surface area contributed by atoms with Gasteiger partial charge in [0.1, 0.15) is 0 Å². The molecule has 0 spiro atoms. The largest absolute Gasteiger partial charge is 0.395 e. The Hall–Kier alpha value is -1.43. The molecule has 0 aliphatic carbocycles. The number of benzene rings is 1. The molecule has 19 heavy (non-hydrogen) atoms. The molecule has 0 heterocycles. The van der Waals surface area contributed by atoms with Crippen molar-refractivity contribution in [3.63, 3.8) is 0 Å². The summed E-state index contributed by atoms with van der Waals surface area (Å²) in [6.45, 7) is 4.34. The van der Waals surface area contributed by atoms with Crippen molar-refractivity contribution < 1.29 is 15.0 Å². The highest BCUT2D eigenvalue weighted by Gasteiger charge is 2.20. The Morgan fingerprint density at radius 1 is 1.26 bits per heavy atom. The molecule has 0 bridgehead atoms. The summed E-state index contributed by atoms with van der Waals surface area (Å²) in [5.41, 5.74) is 1.78. The first-order valence-electron chi connectivity index (χ1n) is 6.42. The van der Waals surface area contributed by atoms with Crippen LogP contribution in [0.25, 0.3) is 0 Å². The van der Waals surface area contributed by atoms with E-state index in [-0.39, 0.29) is 19.1 Å². The Labute approximate surface area is 113 Å². The monoisotopic (exact) mass is 266 g/mol. The Balaban J connectivity index is 2.68. The third-order valence-electron chi connectivity index (χ3n) is 3.10. The van der Waals surface area contributed by atoms with Gasteiger partial charge in [0, 0.05) is 18.8 Å². The van der Waals surface area contributed by atoms with Crippen molar-refractivity contribution >= 4 is 11.6 Å². The first kappa shape index (κ1) is 15.6. The van der Waals surface area contributed by atoms with Crippen LogP contribution in [-0.2, 0) is 4.79 Å². The summed E-state index contributed by atoms with van der Waals surface area (Å²) in [5.74, 6) is -0.142. The number of aryl methyl sites for hydroxylation is 1. The van der Waals surface area contributed by atoms with Crippen molar-refractivity contribution in [3.05, 3.63) is 29.8 Å². The van der Waals surface area contributed by atoms with Gasteiger partial charge in [-0.1, -0.05) is 18.2 Å². The van der Waals surface area contributed by atoms with E-state index in [1.807, 2.05) is 31.2 Å². The average Bonchev–Trinajstić information content (AvgIpc) is 2.40. The number of para-hydroxylation sites is 1. The SMILES string of the molecule is Cc1ccccc1NC(=O)C(C)N(CCO)CCO. The topological polar surface area (TPSA) is 72.8 Å². The maximum absolute atomic E-state index is 12.1. The summed E-state index contributed by atoms with van der Waals surface area (Å²) in [6.07, 6.45) is 0. The zero-order valence-corrected chi connectivity index (χ0v) is 11.5. The van der Waals surface area contributed by atoms with Gasteiger partial charge in [-0.3, -0.25) is 9.69 Å². The molecule has 0 aromatic heterocycles. The van der Waals surface area contributed by atoms with Gasteiger partial charge in [0.25, 0.3) is 0 Å². The molecule has 5 heteroatoms. The van der Waals surface area contributed by atoms with E-state index in [9.17, 15) is 4.79 Å². The second-order valence-corrected chi connectivity index (χ2v) is 4.46. The fourth-order valence-corrected chi connectivity index (χ4v) is 1.87. The van der Waals surface area contributed by atoms with Gasteiger partial charge < -0.3 is 15.5 Å². The number of aliphatic hydroxyl groups is 2. The number of hydrogen-bond donors (Lipinski definition) is 3. The molecule has 1 unspecified atom stereocenters. The molecule has 0 aliphatic rings. The van der Waals surface area contributed by atoms with Crippen LogP contribution in [0.1, 0.15) is 12.5 Å². The van der Waals surface area contributed by atoms with Gasteiger partial charge >= 0.3 is 0 Å². The van der Waals surface area contributed by atoms with Crippen molar-refractivity contribution in [2.75, 3.05) is 31.6 Å². The summed E-state index contributed by atoms with van der Waals surface area (Å²) >= 11 is 0. The van der Waals surface area contributed by atoms with Gasteiger partial charge in [-0.05, 0) is 25.5 Å². The predicted octanol–water partition coefficient (Wildman–Crippen LogP) is 0.609. The van der Waals surface area contributed by atoms with Crippen LogP contribution in [0.5, 0.6) is 0 Å². The van der Waals surface area contributed by atoms with Crippen LogP contribution in [-0.4, -0.2) is 53.4 Å². The number of nitrogens with one attached hydrogen (secondary N) is 1. The number of carbonyl (C=O) groups excluding carboxylic acids is 1. The lowest BCUT2D eigenvalue weighted by atomic mass is 10.2. The van der Waals surface area contributed by atoms with Crippen LogP contribution < -0.4 is 5.32 Å². The van der Waals surface area contributed by atoms with E-state index in [0.29, 0.717) is 13.1 Å². The Morgan fingerprint density at radius 3 is 2.37 bits per heavy atom. The van der Waals surface area contributed by atoms with E-state index in [4.69, 9.17) is 10.2 Å². The number of nitrogens with zero attached hydrogens (tertiary/aromatic N) is 1. The molecule has 1 atom stereocenters. The summed E-state index contributed by atoms with van der Waals surface area (Å²) < 4.78 is 0. The molecule has 0 fully saturated rings. The molecule has 0 aliphatic heterocycles. The van der Waals surface area contributed by atoms with Gasteiger partial charge in [-0.2, -0.15) is 0 Å². The number of aliphatic hydroxyl groups excluding tert-OH is 2. The molecular formula is C14H22N2O3. The Morgan fingerprint density at radius 2 is 1.84 bits per heavy atom. The van der Waals surface area contributed by atoms with E-state index in [1.54, 1.807) is 11.8 Å². The highest BCUT2D eigenvalue weighted by molar-refractivity contribution is 5.95. The number of hydrogen-bond acceptors (Lipinski definition) is 4. The predicted molar refractivity (Wildman–Crippen MR) is 75.0 cm³/mol. The van der Waals surface area contributed by atoms with E-state index < -0.39 is 6.04 Å². The van der Waals surface area contributed by atoms with E-state index >= 15 is 0 Å². The first-order chi connectivity index (χ1) is 9.10. The Kier molecular flexibility index (Phi) is 6.49. The van der Waals surface area contributed by atoms with Crippen LogP contribution in [0.4, 0.5) is 5.69 Å². The summed E-state index contributed by atoms with van der Waals surface area (Å²) in [6, 6.07) is 7.16. The minimum absolute atomic E-state index is 0.0397. The van der Waals surface area contributed by atoms with Crippen molar-refractivity contribution in [1.82, 2.24) is 4.90 Å². The molecule has 1 rings (SSSR count). The van der Waals surface area contributed by atoms with E-state index in [1.165, 1.54) is 0 Å². The molecule has 0 radical (unpaired) electrons. The molecule has 1 aromatic carbocycles. The maximum atomic E-state index is 12.1. The van der Waals surface area contributed by atoms with Crippen LogP contribution in [0.2, 0.25) is 0 Å². The van der Waals surface area contributed by atoms with Crippen LogP contribution in [0.3, 0.4) is 0 Å². The van der Waals surface area contributed by atoms with Gasteiger partial charge in [-0.15, -0.1) is 0 Å². The van der Waals surface area contributed by atoms with Crippen molar-refractivity contribution in [1.29, 1.82) is 0 Å². The molecule has 106 valence electrons. The average molecular weight is 266 g/mol. The zero-order chi connectivity index (χ0) is 14.3. The fraction of sp³-hybridized carbons (Fsp3) is 0.500. The van der Waals surface area contributed by atoms with Gasteiger partial charge in [0.05, 0.1) is 19.3 Å². The third kappa shape index (κ3) is 4.63. The van der Waals surface area contributed by atoms with Crippen LogP contribution in [0.15, 0.2) is 24.3 Å². The third-order valence-corrected chi connectivity index (χ3v) is 3.10. The standard InChI is InChI=1S/C14H22N2O3/c1-11-5-3-4-6-13(11)15-14(19)12(2)16(7-9-17)8-10-18/h3-6,12,17-18H,7-10H2,1-2H3,(H,15,19). The summed E-state index contributed by atoms with van der Waals surface area (Å²) in [4.78, 5) is 13.9. The quantitative estimate of drug-likeness (QED) is 0.676. The molecule has 1 amide bonds. The lowest BCUT2D eigenvalue weighted by Crippen LogP contribution is -2.44. The zero-order valence-electron chi connectivity index (χ0n) is 11.5. The molecule has 3 N–H and O–H groups in total. The molecule has 0 saturated carbocycles. The number of amides is 1. The van der Waals surface area contributed by atoms with Gasteiger partial charge in [0.2, 0.25) is 5.91 Å². The minimum atomic E-state index is -0.404. The normalized spacial score (nSPS) is 12.5. The highest BCUT2D eigenvalue weighted by atomic mass is 16.3. The second kappa shape index (κ2) is 7.89. The van der Waals surface area contributed by atoms with Crippen LogP contribution in [0, 0.1) is 6.92 Å². The first-order valence-corrected chi connectivity index (χ1v) is 6.42. The van der Waals surface area contributed by atoms with Crippen molar-refractivity contribution in [2.45, 2.75) is 19.9 Å². The van der Waals surface area contributed by atoms with Crippen molar-refractivity contribution in [3.8, 4) is 0 Å². The maximum Gasteiger partial charge on any atom is 0.241 e. The summed E-state index contributed by atoms with van der Waals surface area (Å²) in [5, 5.41) is 20.8. The smallest absolute Gasteiger partial charge is 0.241 e.